The van der Waals surface area contributed by atoms with E-state index in [9.17, 15) is 0 Å². The van der Waals surface area contributed by atoms with E-state index in [1.807, 2.05) is 18.4 Å². The van der Waals surface area contributed by atoms with E-state index in [0.29, 0.717) is 0 Å². The van der Waals surface area contributed by atoms with Crippen molar-refractivity contribution in [2.75, 3.05) is 20.6 Å². The number of nitrogens with one attached hydrogen (secondary N) is 1. The van der Waals surface area contributed by atoms with Crippen LogP contribution in [-0.2, 0) is 13.1 Å². The summed E-state index contributed by atoms with van der Waals surface area (Å²) >= 11 is 1.92. The summed E-state index contributed by atoms with van der Waals surface area (Å²) in [6, 6.07) is 8.74. The molecular weight excluding hydrogens is 240 g/mol. The van der Waals surface area contributed by atoms with Gasteiger partial charge in [-0.15, -0.1) is 11.3 Å². The highest BCUT2D eigenvalue weighted by Gasteiger charge is 2.12. The summed E-state index contributed by atoms with van der Waals surface area (Å²) in [5.74, 6) is 0. The summed E-state index contributed by atoms with van der Waals surface area (Å²) in [6.45, 7) is 5.41. The fourth-order valence-corrected chi connectivity index (χ4v) is 3.58. The van der Waals surface area contributed by atoms with Gasteiger partial charge in [0.2, 0.25) is 0 Å². The monoisotopic (exact) mass is 262 g/mol. The summed E-state index contributed by atoms with van der Waals surface area (Å²) in [5, 5.41) is 4.71. The maximum absolute atomic E-state index is 3.28. The fraction of sp³-hybridized carbons (Fsp3) is 0.467. The second-order valence-electron chi connectivity index (χ2n) is 4.77. The molecule has 3 heteroatoms. The van der Waals surface area contributed by atoms with Crippen LogP contribution < -0.4 is 5.32 Å². The summed E-state index contributed by atoms with van der Waals surface area (Å²) < 4.78 is 1.41. The zero-order valence-corrected chi connectivity index (χ0v) is 12.3. The van der Waals surface area contributed by atoms with Gasteiger partial charge in [0, 0.05) is 22.7 Å². The van der Waals surface area contributed by atoms with Crippen LogP contribution in [0.3, 0.4) is 0 Å². The minimum Gasteiger partial charge on any atom is -0.315 e. The Kier molecular flexibility index (Phi) is 4.75. The first-order valence-electron chi connectivity index (χ1n) is 6.58. The average Bonchev–Trinajstić information content (AvgIpc) is 2.69. The van der Waals surface area contributed by atoms with E-state index in [0.717, 1.165) is 19.6 Å². The van der Waals surface area contributed by atoms with Gasteiger partial charge in [-0.1, -0.05) is 25.1 Å². The van der Waals surface area contributed by atoms with E-state index in [2.05, 4.69) is 48.5 Å². The molecule has 0 unspecified atom stereocenters. The molecule has 1 N–H and O–H groups in total. The molecule has 0 bridgehead atoms. The number of benzene rings is 1. The van der Waals surface area contributed by atoms with Crippen LogP contribution in [0.2, 0.25) is 0 Å². The highest BCUT2D eigenvalue weighted by molar-refractivity contribution is 7.19. The van der Waals surface area contributed by atoms with Crippen LogP contribution >= 0.6 is 11.3 Å². The van der Waals surface area contributed by atoms with Gasteiger partial charge in [-0.3, -0.25) is 0 Å². The van der Waals surface area contributed by atoms with Gasteiger partial charge < -0.3 is 10.2 Å². The summed E-state index contributed by atoms with van der Waals surface area (Å²) in [7, 11) is 4.23. The predicted molar refractivity (Wildman–Crippen MR) is 81.2 cm³/mol. The van der Waals surface area contributed by atoms with Crippen molar-refractivity contribution >= 4 is 21.4 Å². The molecule has 0 aliphatic rings. The molecule has 0 saturated heterocycles. The Morgan fingerprint density at radius 3 is 2.78 bits per heavy atom. The minimum absolute atomic E-state index is 0.967. The number of hydrogen-bond donors (Lipinski definition) is 1. The van der Waals surface area contributed by atoms with Gasteiger partial charge in [-0.2, -0.15) is 0 Å². The zero-order chi connectivity index (χ0) is 13.0. The van der Waals surface area contributed by atoms with Crippen molar-refractivity contribution in [2.45, 2.75) is 26.4 Å². The SMILES string of the molecule is CCCN(C)Cc1c(CNC)sc2ccccc12. The fourth-order valence-electron chi connectivity index (χ4n) is 2.36. The third-order valence-corrected chi connectivity index (χ3v) is 4.37. The molecule has 18 heavy (non-hydrogen) atoms. The lowest BCUT2D eigenvalue weighted by Gasteiger charge is -2.16. The molecule has 0 spiro atoms. The van der Waals surface area contributed by atoms with Crippen molar-refractivity contribution in [2.24, 2.45) is 0 Å². The molecule has 0 radical (unpaired) electrons. The van der Waals surface area contributed by atoms with Crippen molar-refractivity contribution in [1.29, 1.82) is 0 Å². The Labute approximate surface area is 114 Å². The van der Waals surface area contributed by atoms with Crippen LogP contribution in [0, 0.1) is 0 Å². The number of nitrogens with zero attached hydrogens (tertiary/aromatic N) is 1. The number of hydrogen-bond acceptors (Lipinski definition) is 3. The Hall–Kier alpha value is -0.900. The van der Waals surface area contributed by atoms with Gasteiger partial charge in [0.05, 0.1) is 0 Å². The van der Waals surface area contributed by atoms with Crippen LogP contribution in [0.1, 0.15) is 23.8 Å². The predicted octanol–water partition coefficient (Wildman–Crippen LogP) is 3.46. The second-order valence-corrected chi connectivity index (χ2v) is 5.90. The highest BCUT2D eigenvalue weighted by Crippen LogP contribution is 2.32. The molecule has 1 heterocycles. The van der Waals surface area contributed by atoms with Crippen molar-refractivity contribution in [1.82, 2.24) is 10.2 Å². The quantitative estimate of drug-likeness (QED) is 0.857. The zero-order valence-electron chi connectivity index (χ0n) is 11.5. The lowest BCUT2D eigenvalue weighted by Crippen LogP contribution is -2.19. The molecule has 0 amide bonds. The third-order valence-electron chi connectivity index (χ3n) is 3.15. The lowest BCUT2D eigenvalue weighted by molar-refractivity contribution is 0.328. The van der Waals surface area contributed by atoms with E-state index in [4.69, 9.17) is 0 Å². The molecule has 1 aromatic carbocycles. The first-order valence-corrected chi connectivity index (χ1v) is 7.40. The van der Waals surface area contributed by atoms with Crippen molar-refractivity contribution in [3.8, 4) is 0 Å². The van der Waals surface area contributed by atoms with E-state index >= 15 is 0 Å². The molecule has 2 aromatic rings. The molecule has 0 aliphatic carbocycles. The maximum atomic E-state index is 3.28. The first kappa shape index (κ1) is 13.5. The summed E-state index contributed by atoms with van der Waals surface area (Å²) in [5.41, 5.74) is 1.50. The van der Waals surface area contributed by atoms with E-state index < -0.39 is 0 Å². The topological polar surface area (TPSA) is 15.3 Å². The van der Waals surface area contributed by atoms with E-state index in [-0.39, 0.29) is 0 Å². The second kappa shape index (κ2) is 6.32. The smallest absolute Gasteiger partial charge is 0.0349 e. The Balaban J connectivity index is 2.35. The molecule has 98 valence electrons. The van der Waals surface area contributed by atoms with Crippen molar-refractivity contribution < 1.29 is 0 Å². The first-order chi connectivity index (χ1) is 8.76. The number of fused-ring (bicyclic) bond motifs is 1. The van der Waals surface area contributed by atoms with Gasteiger partial charge in [0.25, 0.3) is 0 Å². The Morgan fingerprint density at radius 2 is 2.06 bits per heavy atom. The standard InChI is InChI=1S/C15H22N2S/c1-4-9-17(3)11-13-12-7-5-6-8-14(12)18-15(13)10-16-2/h5-8,16H,4,9-11H2,1-3H3. The normalized spacial score (nSPS) is 11.6. The molecule has 2 nitrogen and oxygen atoms in total. The molecule has 0 saturated carbocycles. The maximum Gasteiger partial charge on any atom is 0.0349 e. The average molecular weight is 262 g/mol. The van der Waals surface area contributed by atoms with Gasteiger partial charge in [-0.25, -0.2) is 0 Å². The van der Waals surface area contributed by atoms with Crippen LogP contribution in [0.15, 0.2) is 24.3 Å². The van der Waals surface area contributed by atoms with E-state index in [1.54, 1.807) is 0 Å². The van der Waals surface area contributed by atoms with Gasteiger partial charge in [-0.05, 0) is 44.1 Å². The van der Waals surface area contributed by atoms with Crippen molar-refractivity contribution in [3.05, 3.63) is 34.7 Å². The van der Waals surface area contributed by atoms with Crippen LogP contribution in [-0.4, -0.2) is 25.5 Å². The number of thiophene rings is 1. The van der Waals surface area contributed by atoms with Crippen LogP contribution in [0.25, 0.3) is 10.1 Å². The Morgan fingerprint density at radius 1 is 1.28 bits per heavy atom. The minimum atomic E-state index is 0.967. The molecule has 0 atom stereocenters. The number of rotatable bonds is 6. The van der Waals surface area contributed by atoms with Crippen LogP contribution in [0.5, 0.6) is 0 Å². The van der Waals surface area contributed by atoms with Crippen molar-refractivity contribution in [3.63, 3.8) is 0 Å². The molecular formula is C15H22N2S. The summed E-state index contributed by atoms with van der Waals surface area (Å²) in [4.78, 5) is 3.88. The molecule has 0 fully saturated rings. The molecule has 2 rings (SSSR count). The van der Waals surface area contributed by atoms with Gasteiger partial charge in [0.1, 0.15) is 0 Å². The van der Waals surface area contributed by atoms with Crippen LogP contribution in [0.4, 0.5) is 0 Å². The highest BCUT2D eigenvalue weighted by atomic mass is 32.1. The molecule has 0 aliphatic heterocycles. The molecule has 1 aromatic heterocycles. The van der Waals surface area contributed by atoms with E-state index in [1.165, 1.54) is 26.9 Å². The van der Waals surface area contributed by atoms with Gasteiger partial charge >= 0.3 is 0 Å². The largest absolute Gasteiger partial charge is 0.315 e. The Bertz CT molecular complexity index is 504. The third kappa shape index (κ3) is 2.91. The van der Waals surface area contributed by atoms with Gasteiger partial charge in [0.15, 0.2) is 0 Å². The summed E-state index contributed by atoms with van der Waals surface area (Å²) in [6.07, 6.45) is 1.21. The lowest BCUT2D eigenvalue weighted by atomic mass is 10.1.